The zero-order chi connectivity index (χ0) is 19.3. The average molecular weight is 383 g/mol. The maximum atomic E-state index is 13.1. The van der Waals surface area contributed by atoms with E-state index in [1.165, 1.54) is 32.1 Å². The van der Waals surface area contributed by atoms with Crippen LogP contribution in [0.25, 0.3) is 0 Å². The number of aromatic nitrogens is 4. The van der Waals surface area contributed by atoms with E-state index >= 15 is 0 Å². The number of hydrogen-bond acceptors (Lipinski definition) is 5. The Hall–Kier alpha value is -2.28. The van der Waals surface area contributed by atoms with Crippen molar-refractivity contribution in [2.24, 2.45) is 5.92 Å². The lowest BCUT2D eigenvalue weighted by molar-refractivity contribution is 0.0925. The fourth-order valence-electron chi connectivity index (χ4n) is 4.33. The molecule has 0 radical (unpaired) electrons. The van der Waals surface area contributed by atoms with Gasteiger partial charge < -0.3 is 10.1 Å². The van der Waals surface area contributed by atoms with Crippen LogP contribution in [-0.4, -0.2) is 38.9 Å². The van der Waals surface area contributed by atoms with Crippen LogP contribution < -0.4 is 5.32 Å². The van der Waals surface area contributed by atoms with Crippen LogP contribution >= 0.6 is 0 Å². The Bertz CT molecular complexity index is 779. The molecule has 2 atom stereocenters. The number of aryl methyl sites for hydroxylation is 1. The van der Waals surface area contributed by atoms with Crippen LogP contribution in [0.15, 0.2) is 24.7 Å². The first-order valence-corrected chi connectivity index (χ1v) is 10.4. The smallest absolute Gasteiger partial charge is 0.255 e. The Morgan fingerprint density at radius 3 is 2.75 bits per heavy atom. The first-order valence-electron chi connectivity index (χ1n) is 10.4. The molecule has 3 heterocycles. The molecule has 1 amide bonds. The van der Waals surface area contributed by atoms with E-state index in [0.717, 1.165) is 25.1 Å². The summed E-state index contributed by atoms with van der Waals surface area (Å²) in [5, 5.41) is 7.75. The Morgan fingerprint density at radius 2 is 2.04 bits per heavy atom. The highest BCUT2D eigenvalue weighted by Gasteiger charge is 2.26. The highest BCUT2D eigenvalue weighted by atomic mass is 16.5. The van der Waals surface area contributed by atoms with E-state index in [1.54, 1.807) is 18.5 Å². The lowest BCUT2D eigenvalue weighted by atomic mass is 9.84. The molecule has 0 aromatic carbocycles. The average Bonchev–Trinajstić information content (AvgIpc) is 3.38. The molecule has 0 bridgehead atoms. The summed E-state index contributed by atoms with van der Waals surface area (Å²) >= 11 is 0. The number of nitrogens with zero attached hydrogens (tertiary/aromatic N) is 4. The largest absolute Gasteiger partial charge is 0.379 e. The molecule has 1 aliphatic carbocycles. The summed E-state index contributed by atoms with van der Waals surface area (Å²) in [6, 6.07) is 1.85. The second-order valence-electron chi connectivity index (χ2n) is 8.00. The van der Waals surface area contributed by atoms with Gasteiger partial charge >= 0.3 is 0 Å². The van der Waals surface area contributed by atoms with Crippen LogP contribution in [0.5, 0.6) is 0 Å². The standard InChI is InChI=1S/C21H29N5O2/c1-15-18(13-26(25-15)17-8-11-28-14-17)21(27)24-19(20-22-9-5-10-23-20)12-16-6-3-2-4-7-16/h5,9-10,13,16-17,19H,2-4,6-8,11-12,14H2,1H3,(H,24,27). The molecule has 2 aliphatic rings. The molecular weight excluding hydrogens is 354 g/mol. The Morgan fingerprint density at radius 1 is 1.25 bits per heavy atom. The summed E-state index contributed by atoms with van der Waals surface area (Å²) < 4.78 is 7.33. The number of carbonyl (C=O) groups is 1. The first-order chi connectivity index (χ1) is 13.7. The predicted octanol–water partition coefficient (Wildman–Crippen LogP) is 3.38. The molecule has 0 spiro atoms. The highest BCUT2D eigenvalue weighted by Crippen LogP contribution is 2.31. The fourth-order valence-corrected chi connectivity index (χ4v) is 4.33. The van der Waals surface area contributed by atoms with E-state index < -0.39 is 0 Å². The van der Waals surface area contributed by atoms with Crippen LogP contribution in [0.2, 0.25) is 0 Å². The summed E-state index contributed by atoms with van der Waals surface area (Å²) in [7, 11) is 0. The van der Waals surface area contributed by atoms with Gasteiger partial charge in [0.05, 0.1) is 29.9 Å². The molecule has 1 aliphatic heterocycles. The predicted molar refractivity (Wildman–Crippen MR) is 105 cm³/mol. The third-order valence-electron chi connectivity index (χ3n) is 5.94. The van der Waals surface area contributed by atoms with E-state index in [9.17, 15) is 4.79 Å². The summed E-state index contributed by atoms with van der Waals surface area (Å²) in [4.78, 5) is 21.9. The van der Waals surface area contributed by atoms with Gasteiger partial charge in [-0.15, -0.1) is 0 Å². The van der Waals surface area contributed by atoms with Gasteiger partial charge in [0.15, 0.2) is 0 Å². The number of carbonyl (C=O) groups excluding carboxylic acids is 1. The van der Waals surface area contributed by atoms with Gasteiger partial charge in [-0.2, -0.15) is 5.10 Å². The van der Waals surface area contributed by atoms with E-state index in [2.05, 4.69) is 20.4 Å². The van der Waals surface area contributed by atoms with Crippen molar-refractivity contribution >= 4 is 5.91 Å². The molecule has 28 heavy (non-hydrogen) atoms. The molecule has 2 fully saturated rings. The van der Waals surface area contributed by atoms with E-state index in [1.807, 2.05) is 17.8 Å². The molecule has 7 nitrogen and oxygen atoms in total. The zero-order valence-electron chi connectivity index (χ0n) is 16.5. The number of nitrogens with one attached hydrogen (secondary N) is 1. The first kappa shape index (κ1) is 19.1. The Kier molecular flexibility index (Phi) is 6.00. The van der Waals surface area contributed by atoms with Crippen molar-refractivity contribution in [1.82, 2.24) is 25.1 Å². The van der Waals surface area contributed by atoms with E-state index in [0.29, 0.717) is 23.9 Å². The lowest BCUT2D eigenvalue weighted by Crippen LogP contribution is -2.32. The lowest BCUT2D eigenvalue weighted by Gasteiger charge is -2.26. The van der Waals surface area contributed by atoms with Crippen molar-refractivity contribution in [2.75, 3.05) is 13.2 Å². The minimum Gasteiger partial charge on any atom is -0.379 e. The minimum absolute atomic E-state index is 0.101. The van der Waals surface area contributed by atoms with Crippen molar-refractivity contribution in [3.8, 4) is 0 Å². The van der Waals surface area contributed by atoms with Gasteiger partial charge in [-0.05, 0) is 31.7 Å². The molecule has 2 aromatic heterocycles. The monoisotopic (exact) mass is 383 g/mol. The van der Waals surface area contributed by atoms with Crippen molar-refractivity contribution in [2.45, 2.75) is 64.0 Å². The zero-order valence-corrected chi connectivity index (χ0v) is 16.5. The van der Waals surface area contributed by atoms with Gasteiger partial charge in [0.25, 0.3) is 5.91 Å². The Labute approximate surface area is 165 Å². The van der Waals surface area contributed by atoms with Crippen molar-refractivity contribution in [3.63, 3.8) is 0 Å². The summed E-state index contributed by atoms with van der Waals surface area (Å²) in [5.41, 5.74) is 1.37. The van der Waals surface area contributed by atoms with Crippen molar-refractivity contribution in [3.05, 3.63) is 41.7 Å². The third-order valence-corrected chi connectivity index (χ3v) is 5.94. The van der Waals surface area contributed by atoms with Gasteiger partial charge in [-0.1, -0.05) is 32.1 Å². The van der Waals surface area contributed by atoms with Crippen LogP contribution in [0.4, 0.5) is 0 Å². The van der Waals surface area contributed by atoms with Crippen LogP contribution in [0.1, 0.15) is 78.9 Å². The van der Waals surface area contributed by atoms with Gasteiger partial charge in [0.2, 0.25) is 0 Å². The van der Waals surface area contributed by atoms with Gasteiger partial charge in [-0.25, -0.2) is 9.97 Å². The molecule has 2 unspecified atom stereocenters. The molecule has 150 valence electrons. The third kappa shape index (κ3) is 4.41. The topological polar surface area (TPSA) is 81.9 Å². The second-order valence-corrected chi connectivity index (χ2v) is 8.00. The molecular formula is C21H29N5O2. The van der Waals surface area contributed by atoms with E-state index in [4.69, 9.17) is 4.74 Å². The summed E-state index contributed by atoms with van der Waals surface area (Å²) in [6.07, 6.45) is 13.5. The number of amides is 1. The number of hydrogen-bond donors (Lipinski definition) is 1. The number of rotatable bonds is 6. The van der Waals surface area contributed by atoms with Crippen molar-refractivity contribution in [1.29, 1.82) is 0 Å². The Balaban J connectivity index is 1.50. The SMILES string of the molecule is Cc1nn(C2CCOC2)cc1C(=O)NC(CC1CCCCC1)c1ncccn1. The molecule has 7 heteroatoms. The van der Waals surface area contributed by atoms with Crippen LogP contribution in [0, 0.1) is 12.8 Å². The molecule has 1 N–H and O–H groups in total. The quantitative estimate of drug-likeness (QED) is 0.827. The van der Waals surface area contributed by atoms with Gasteiger partial charge in [0.1, 0.15) is 5.82 Å². The van der Waals surface area contributed by atoms with Crippen molar-refractivity contribution < 1.29 is 9.53 Å². The minimum atomic E-state index is -0.172. The fraction of sp³-hybridized carbons (Fsp3) is 0.619. The number of ether oxygens (including phenoxy) is 1. The highest BCUT2D eigenvalue weighted by molar-refractivity contribution is 5.95. The van der Waals surface area contributed by atoms with Crippen LogP contribution in [0.3, 0.4) is 0 Å². The van der Waals surface area contributed by atoms with Crippen LogP contribution in [-0.2, 0) is 4.74 Å². The van der Waals surface area contributed by atoms with E-state index in [-0.39, 0.29) is 18.0 Å². The maximum absolute atomic E-state index is 13.1. The van der Waals surface area contributed by atoms with Gasteiger partial charge in [-0.3, -0.25) is 9.48 Å². The summed E-state index contributed by atoms with van der Waals surface area (Å²) in [5.74, 6) is 1.20. The molecule has 4 rings (SSSR count). The molecule has 2 aromatic rings. The normalized spacial score (nSPS) is 21.5. The van der Waals surface area contributed by atoms with Gasteiger partial charge in [0, 0.05) is 25.2 Å². The summed E-state index contributed by atoms with van der Waals surface area (Å²) in [6.45, 7) is 3.29. The molecule has 1 saturated carbocycles. The second kappa shape index (κ2) is 8.82. The molecule has 1 saturated heterocycles. The maximum Gasteiger partial charge on any atom is 0.255 e.